The van der Waals surface area contributed by atoms with Crippen molar-refractivity contribution in [2.45, 2.75) is 12.1 Å². The number of nitrogens with zero attached hydrogens (tertiary/aromatic N) is 2. The summed E-state index contributed by atoms with van der Waals surface area (Å²) in [6.45, 7) is 0. The molecule has 0 bridgehead atoms. The Bertz CT molecular complexity index is 862. The van der Waals surface area contributed by atoms with Crippen molar-refractivity contribution < 1.29 is 4.79 Å². The summed E-state index contributed by atoms with van der Waals surface area (Å²) in [5.41, 5.74) is 2.49. The second-order valence-corrected chi connectivity index (χ2v) is 5.94. The Morgan fingerprint density at radius 2 is 1.96 bits per heavy atom. The lowest BCUT2D eigenvalue weighted by Gasteiger charge is -2.28. The summed E-state index contributed by atoms with van der Waals surface area (Å²) in [6, 6.07) is 14.1. The van der Waals surface area contributed by atoms with Gasteiger partial charge in [-0.05, 0) is 48.5 Å². The summed E-state index contributed by atoms with van der Waals surface area (Å²) >= 11 is 5.93. The van der Waals surface area contributed by atoms with Crippen LogP contribution in [0.5, 0.6) is 0 Å². The number of aromatic nitrogens is 2. The number of carbonyl (C=O) groups excluding carboxylic acids is 1. The van der Waals surface area contributed by atoms with E-state index in [1.54, 1.807) is 24.3 Å². The number of rotatable bonds is 3. The predicted octanol–water partition coefficient (Wildman–Crippen LogP) is 4.07. The van der Waals surface area contributed by atoms with Crippen LogP contribution in [-0.4, -0.2) is 21.5 Å². The highest BCUT2D eigenvalue weighted by atomic mass is 35.5. The first-order valence-electron chi connectivity index (χ1n) is 7.37. The number of hydrogen-bond donors (Lipinski definition) is 1. The van der Waals surface area contributed by atoms with Crippen LogP contribution in [0.15, 0.2) is 65.9 Å². The molecule has 0 amide bonds. The molecular formula is C18H14ClN3O. The lowest BCUT2D eigenvalue weighted by molar-refractivity contribution is 0.0904. The van der Waals surface area contributed by atoms with E-state index in [1.165, 1.54) is 0 Å². The highest BCUT2D eigenvalue weighted by molar-refractivity contribution is 6.30. The van der Waals surface area contributed by atoms with E-state index in [0.29, 0.717) is 10.6 Å². The van der Waals surface area contributed by atoms with Crippen molar-refractivity contribution in [3.05, 3.63) is 82.9 Å². The fourth-order valence-corrected chi connectivity index (χ4v) is 3.12. The summed E-state index contributed by atoms with van der Waals surface area (Å²) in [4.78, 5) is 20.9. The minimum Gasteiger partial charge on any atom is -0.363 e. The fraction of sp³-hybridized carbons (Fsp3) is 0.111. The largest absolute Gasteiger partial charge is 0.363 e. The summed E-state index contributed by atoms with van der Waals surface area (Å²) in [7, 11) is 0. The van der Waals surface area contributed by atoms with Gasteiger partial charge in [0.05, 0.1) is 5.69 Å². The monoisotopic (exact) mass is 323 g/mol. The van der Waals surface area contributed by atoms with Crippen molar-refractivity contribution in [3.8, 4) is 0 Å². The first-order chi connectivity index (χ1) is 11.2. The number of fused-ring (bicyclic) bond motifs is 1. The average molecular weight is 324 g/mol. The minimum absolute atomic E-state index is 0.0237. The maximum Gasteiger partial charge on any atom is 0.188 e. The third-order valence-electron chi connectivity index (χ3n) is 4.12. The molecule has 4 rings (SSSR count). The Balaban J connectivity index is 1.80. The van der Waals surface area contributed by atoms with Gasteiger partial charge in [0.2, 0.25) is 0 Å². The third kappa shape index (κ3) is 2.41. The highest BCUT2D eigenvalue weighted by Crippen LogP contribution is 2.35. The van der Waals surface area contributed by atoms with E-state index in [9.17, 15) is 4.79 Å². The van der Waals surface area contributed by atoms with Crippen LogP contribution in [0.2, 0.25) is 5.02 Å². The molecule has 0 saturated carbocycles. The number of carbonyl (C=O) groups is 1. The van der Waals surface area contributed by atoms with Gasteiger partial charge in [-0.25, -0.2) is 0 Å². The molecule has 2 atom stereocenters. The molecule has 2 aromatic heterocycles. The van der Waals surface area contributed by atoms with Crippen LogP contribution in [0.3, 0.4) is 0 Å². The van der Waals surface area contributed by atoms with E-state index in [-0.39, 0.29) is 11.8 Å². The molecule has 0 aliphatic carbocycles. The van der Waals surface area contributed by atoms with E-state index >= 15 is 0 Å². The fourth-order valence-electron chi connectivity index (χ4n) is 2.99. The molecule has 0 radical (unpaired) electrons. The van der Waals surface area contributed by atoms with E-state index < -0.39 is 6.04 Å². The summed E-state index contributed by atoms with van der Waals surface area (Å²) in [5.74, 6) is 0.0237. The van der Waals surface area contributed by atoms with Gasteiger partial charge in [0, 0.05) is 34.9 Å². The number of aromatic amines is 1. The van der Waals surface area contributed by atoms with Crippen molar-refractivity contribution in [1.29, 1.82) is 0 Å². The quantitative estimate of drug-likeness (QED) is 0.726. The third-order valence-corrected chi connectivity index (χ3v) is 4.37. The predicted molar refractivity (Wildman–Crippen MR) is 90.4 cm³/mol. The smallest absolute Gasteiger partial charge is 0.188 e. The van der Waals surface area contributed by atoms with Crippen LogP contribution in [-0.2, 0) is 0 Å². The Morgan fingerprint density at radius 3 is 2.70 bits per heavy atom. The molecule has 23 heavy (non-hydrogen) atoms. The molecule has 114 valence electrons. The molecule has 5 heteroatoms. The molecule has 1 aliphatic rings. The van der Waals surface area contributed by atoms with Gasteiger partial charge in [-0.1, -0.05) is 11.6 Å². The Morgan fingerprint density at radius 1 is 1.13 bits per heavy atom. The molecule has 1 aliphatic heterocycles. The van der Waals surface area contributed by atoms with E-state index in [1.807, 2.05) is 47.4 Å². The van der Waals surface area contributed by atoms with Gasteiger partial charge in [-0.15, -0.1) is 0 Å². The van der Waals surface area contributed by atoms with Gasteiger partial charge >= 0.3 is 0 Å². The second-order valence-electron chi connectivity index (χ2n) is 5.50. The Kier molecular flexibility index (Phi) is 3.39. The van der Waals surface area contributed by atoms with Crippen LogP contribution in [0.4, 0.5) is 0 Å². The van der Waals surface area contributed by atoms with Gasteiger partial charge in [-0.2, -0.15) is 0 Å². The molecule has 0 spiro atoms. The number of ketones is 1. The van der Waals surface area contributed by atoms with Crippen molar-refractivity contribution in [2.24, 2.45) is 4.99 Å². The van der Waals surface area contributed by atoms with Crippen LogP contribution in [0.25, 0.3) is 0 Å². The summed E-state index contributed by atoms with van der Waals surface area (Å²) in [6.07, 6.45) is 5.59. The molecule has 1 aromatic carbocycles. The maximum absolute atomic E-state index is 13.1. The normalized spacial score (nSPS) is 19.5. The molecule has 3 aromatic rings. The van der Waals surface area contributed by atoms with Gasteiger partial charge in [-0.3, -0.25) is 9.79 Å². The van der Waals surface area contributed by atoms with E-state index in [2.05, 4.69) is 9.98 Å². The van der Waals surface area contributed by atoms with E-state index in [0.717, 1.165) is 11.4 Å². The highest BCUT2D eigenvalue weighted by Gasteiger charge is 2.34. The van der Waals surface area contributed by atoms with Crippen LogP contribution < -0.4 is 0 Å². The van der Waals surface area contributed by atoms with Crippen molar-refractivity contribution in [2.75, 3.05) is 0 Å². The standard InChI is InChI=1S/C18H14ClN3O/c19-13-7-5-12(6-8-13)18(23)17-16(15-4-1-9-20-15)21-11-14-3-2-10-22(14)17/h1-11,16-17,20H/t16-,17+/m1/s1. The first-order valence-corrected chi connectivity index (χ1v) is 7.75. The van der Waals surface area contributed by atoms with Crippen LogP contribution >= 0.6 is 11.6 Å². The molecule has 0 unspecified atom stereocenters. The summed E-state index contributed by atoms with van der Waals surface area (Å²) < 4.78 is 1.98. The van der Waals surface area contributed by atoms with Crippen molar-refractivity contribution in [3.63, 3.8) is 0 Å². The van der Waals surface area contributed by atoms with Crippen LogP contribution in [0, 0.1) is 0 Å². The zero-order chi connectivity index (χ0) is 15.8. The second kappa shape index (κ2) is 5.56. The number of benzene rings is 1. The Labute approximate surface area is 138 Å². The van der Waals surface area contributed by atoms with Gasteiger partial charge < -0.3 is 9.55 Å². The number of nitrogens with one attached hydrogen (secondary N) is 1. The van der Waals surface area contributed by atoms with Gasteiger partial charge in [0.25, 0.3) is 0 Å². The average Bonchev–Trinajstić information content (AvgIpc) is 3.25. The molecule has 0 fully saturated rings. The number of hydrogen-bond acceptors (Lipinski definition) is 2. The molecule has 3 heterocycles. The zero-order valence-corrected chi connectivity index (χ0v) is 12.9. The van der Waals surface area contributed by atoms with E-state index in [4.69, 9.17) is 11.6 Å². The number of halogens is 1. The molecular weight excluding hydrogens is 310 g/mol. The Hall–Kier alpha value is -2.59. The minimum atomic E-state index is -0.412. The van der Waals surface area contributed by atoms with Crippen LogP contribution in [0.1, 0.15) is 33.8 Å². The molecule has 4 nitrogen and oxygen atoms in total. The number of H-pyrrole nitrogens is 1. The van der Waals surface area contributed by atoms with Gasteiger partial charge in [0.15, 0.2) is 5.78 Å². The maximum atomic E-state index is 13.1. The molecule has 0 saturated heterocycles. The number of aliphatic imine (C=N–C) groups is 1. The number of Topliss-reactive ketones (excluding diaryl/α,β-unsaturated/α-hetero) is 1. The topological polar surface area (TPSA) is 50.1 Å². The SMILES string of the molecule is O=C(c1ccc(Cl)cc1)[C@@H]1[C@@H](c2ccc[nH]2)N=Cc2cccn21. The zero-order valence-electron chi connectivity index (χ0n) is 12.2. The first kappa shape index (κ1) is 14.0. The summed E-state index contributed by atoms with van der Waals surface area (Å²) in [5, 5.41) is 0.616. The molecule has 1 N–H and O–H groups in total. The van der Waals surface area contributed by atoms with Crippen molar-refractivity contribution >= 4 is 23.6 Å². The van der Waals surface area contributed by atoms with Gasteiger partial charge in [0.1, 0.15) is 12.1 Å². The lowest BCUT2D eigenvalue weighted by atomic mass is 9.94. The van der Waals surface area contributed by atoms with Crippen molar-refractivity contribution in [1.82, 2.24) is 9.55 Å². The lowest BCUT2D eigenvalue weighted by Crippen LogP contribution is -2.29.